The number of halogens is 3. The maximum absolute atomic E-state index is 13.5. The Morgan fingerprint density at radius 1 is 0.950 bits per heavy atom. The molecule has 0 saturated carbocycles. The van der Waals surface area contributed by atoms with Crippen LogP contribution in [0.4, 0.5) is 30.2 Å². The van der Waals surface area contributed by atoms with Crippen LogP contribution < -0.4 is 16.8 Å². The van der Waals surface area contributed by atoms with Gasteiger partial charge in [0.05, 0.1) is 16.9 Å². The number of nitrogens with two attached hydrogens (primary N) is 2. The molecule has 104 valence electrons. The van der Waals surface area contributed by atoms with E-state index in [1.54, 1.807) is 0 Å². The van der Waals surface area contributed by atoms with Gasteiger partial charge in [-0.05, 0) is 18.2 Å². The summed E-state index contributed by atoms with van der Waals surface area (Å²) >= 11 is 0. The average Bonchev–Trinajstić information content (AvgIpc) is 2.35. The van der Waals surface area contributed by atoms with Crippen molar-refractivity contribution in [2.24, 2.45) is 5.73 Å². The van der Waals surface area contributed by atoms with Gasteiger partial charge in [-0.25, -0.2) is 13.2 Å². The summed E-state index contributed by atoms with van der Waals surface area (Å²) in [7, 11) is 0. The zero-order chi connectivity index (χ0) is 14.9. The summed E-state index contributed by atoms with van der Waals surface area (Å²) in [6.45, 7) is 0. The Morgan fingerprint density at radius 2 is 1.60 bits per heavy atom. The number of nitrogens with one attached hydrogen (secondary N) is 1. The molecule has 0 aliphatic carbocycles. The van der Waals surface area contributed by atoms with Crippen molar-refractivity contribution in [2.45, 2.75) is 0 Å². The molecule has 4 nitrogen and oxygen atoms in total. The van der Waals surface area contributed by atoms with E-state index in [1.807, 2.05) is 0 Å². The normalized spacial score (nSPS) is 10.3. The molecule has 0 spiro atoms. The summed E-state index contributed by atoms with van der Waals surface area (Å²) < 4.78 is 39.5. The molecular weight excluding hydrogens is 271 g/mol. The Balaban J connectivity index is 2.47. The van der Waals surface area contributed by atoms with Crippen molar-refractivity contribution in [3.8, 4) is 0 Å². The van der Waals surface area contributed by atoms with E-state index in [1.165, 1.54) is 18.2 Å². The molecule has 0 heterocycles. The second-order valence-corrected chi connectivity index (χ2v) is 4.04. The largest absolute Gasteiger partial charge is 0.399 e. The van der Waals surface area contributed by atoms with Gasteiger partial charge in [-0.1, -0.05) is 0 Å². The highest BCUT2D eigenvalue weighted by atomic mass is 19.2. The Hall–Kier alpha value is -2.70. The molecule has 20 heavy (non-hydrogen) atoms. The summed E-state index contributed by atoms with van der Waals surface area (Å²) in [5.41, 5.74) is 10.8. The topological polar surface area (TPSA) is 81.1 Å². The highest BCUT2D eigenvalue weighted by molar-refractivity contribution is 5.99. The number of hydrogen-bond donors (Lipinski definition) is 3. The SMILES string of the molecule is NC(=O)c1ccc(N)cc1Nc1cc(F)c(F)cc1F. The van der Waals surface area contributed by atoms with Gasteiger partial charge in [0, 0.05) is 17.8 Å². The van der Waals surface area contributed by atoms with Crippen molar-refractivity contribution in [3.63, 3.8) is 0 Å². The molecule has 2 aromatic rings. The van der Waals surface area contributed by atoms with Crippen LogP contribution in [0.2, 0.25) is 0 Å². The Labute approximate surface area is 112 Å². The third-order valence-corrected chi connectivity index (χ3v) is 2.59. The van der Waals surface area contributed by atoms with E-state index in [4.69, 9.17) is 11.5 Å². The smallest absolute Gasteiger partial charge is 0.250 e. The molecule has 0 unspecified atom stereocenters. The van der Waals surface area contributed by atoms with Gasteiger partial charge in [0.15, 0.2) is 11.6 Å². The van der Waals surface area contributed by atoms with Gasteiger partial charge in [0.25, 0.3) is 5.91 Å². The lowest BCUT2D eigenvalue weighted by Gasteiger charge is -2.12. The van der Waals surface area contributed by atoms with Crippen molar-refractivity contribution in [1.82, 2.24) is 0 Å². The van der Waals surface area contributed by atoms with Crippen LogP contribution >= 0.6 is 0 Å². The van der Waals surface area contributed by atoms with E-state index >= 15 is 0 Å². The summed E-state index contributed by atoms with van der Waals surface area (Å²) in [6, 6.07) is 5.15. The Morgan fingerprint density at radius 3 is 2.25 bits per heavy atom. The monoisotopic (exact) mass is 281 g/mol. The average molecular weight is 281 g/mol. The van der Waals surface area contributed by atoms with Crippen LogP contribution in [0.1, 0.15) is 10.4 Å². The minimum atomic E-state index is -1.31. The molecule has 0 aliphatic heterocycles. The van der Waals surface area contributed by atoms with Crippen LogP contribution in [0.5, 0.6) is 0 Å². The molecule has 5 N–H and O–H groups in total. The van der Waals surface area contributed by atoms with Crippen molar-refractivity contribution < 1.29 is 18.0 Å². The first-order valence-corrected chi connectivity index (χ1v) is 5.49. The van der Waals surface area contributed by atoms with Crippen molar-refractivity contribution in [1.29, 1.82) is 0 Å². The molecule has 0 atom stereocenters. The molecule has 0 radical (unpaired) electrons. The van der Waals surface area contributed by atoms with E-state index in [0.29, 0.717) is 17.8 Å². The number of carbonyl (C=O) groups excluding carboxylic acids is 1. The lowest BCUT2D eigenvalue weighted by molar-refractivity contribution is 0.100. The lowest BCUT2D eigenvalue weighted by Crippen LogP contribution is -2.13. The quantitative estimate of drug-likeness (QED) is 0.597. The van der Waals surface area contributed by atoms with Crippen LogP contribution in [0.15, 0.2) is 30.3 Å². The maximum Gasteiger partial charge on any atom is 0.250 e. The fraction of sp³-hybridized carbons (Fsp3) is 0. The Bertz CT molecular complexity index is 689. The fourth-order valence-electron chi connectivity index (χ4n) is 1.64. The van der Waals surface area contributed by atoms with Crippen LogP contribution in [0, 0.1) is 17.5 Å². The predicted octanol–water partition coefficient (Wildman–Crippen LogP) is 2.53. The lowest BCUT2D eigenvalue weighted by atomic mass is 10.1. The van der Waals surface area contributed by atoms with E-state index in [-0.39, 0.29) is 16.9 Å². The number of hydrogen-bond acceptors (Lipinski definition) is 3. The first kappa shape index (κ1) is 13.7. The van der Waals surface area contributed by atoms with Gasteiger partial charge in [0.2, 0.25) is 0 Å². The summed E-state index contributed by atoms with van der Waals surface area (Å²) in [6.07, 6.45) is 0. The van der Waals surface area contributed by atoms with Gasteiger partial charge in [-0.2, -0.15) is 0 Å². The van der Waals surface area contributed by atoms with E-state index < -0.39 is 23.4 Å². The second-order valence-electron chi connectivity index (χ2n) is 4.04. The first-order valence-electron chi connectivity index (χ1n) is 5.49. The van der Waals surface area contributed by atoms with Crippen LogP contribution in [0.3, 0.4) is 0 Å². The minimum Gasteiger partial charge on any atom is -0.399 e. The maximum atomic E-state index is 13.5. The zero-order valence-electron chi connectivity index (χ0n) is 10.1. The number of carbonyl (C=O) groups is 1. The number of amides is 1. The molecule has 1 amide bonds. The molecule has 2 rings (SSSR count). The molecule has 0 bridgehead atoms. The summed E-state index contributed by atoms with van der Waals surface area (Å²) in [5, 5.41) is 2.47. The molecule has 0 fully saturated rings. The fourth-order valence-corrected chi connectivity index (χ4v) is 1.64. The molecule has 2 aromatic carbocycles. The standard InChI is InChI=1S/C13H10F3N3O/c14-8-4-10(16)12(5-9(8)15)19-11-3-6(17)1-2-7(11)13(18)20/h1-5,19H,17H2,(H2,18,20). The zero-order valence-corrected chi connectivity index (χ0v) is 10.1. The Kier molecular flexibility index (Phi) is 3.51. The predicted molar refractivity (Wildman–Crippen MR) is 69.0 cm³/mol. The number of rotatable bonds is 3. The summed E-state index contributed by atoms with van der Waals surface area (Å²) in [5.74, 6) is -4.31. The molecule has 0 aromatic heterocycles. The van der Waals surface area contributed by atoms with E-state index in [2.05, 4.69) is 5.32 Å². The van der Waals surface area contributed by atoms with E-state index in [0.717, 1.165) is 0 Å². The third kappa shape index (κ3) is 2.66. The van der Waals surface area contributed by atoms with Gasteiger partial charge in [0.1, 0.15) is 5.82 Å². The molecular formula is C13H10F3N3O. The number of primary amides is 1. The van der Waals surface area contributed by atoms with Crippen LogP contribution in [-0.4, -0.2) is 5.91 Å². The van der Waals surface area contributed by atoms with Gasteiger partial charge >= 0.3 is 0 Å². The number of nitrogen functional groups attached to an aromatic ring is 1. The van der Waals surface area contributed by atoms with Crippen LogP contribution in [-0.2, 0) is 0 Å². The van der Waals surface area contributed by atoms with E-state index in [9.17, 15) is 18.0 Å². The van der Waals surface area contributed by atoms with Crippen molar-refractivity contribution in [2.75, 3.05) is 11.1 Å². The number of benzene rings is 2. The number of anilines is 3. The van der Waals surface area contributed by atoms with Gasteiger partial charge in [-0.15, -0.1) is 0 Å². The van der Waals surface area contributed by atoms with Gasteiger partial charge in [-0.3, -0.25) is 4.79 Å². The summed E-state index contributed by atoms with van der Waals surface area (Å²) in [4.78, 5) is 11.2. The van der Waals surface area contributed by atoms with Crippen LogP contribution in [0.25, 0.3) is 0 Å². The van der Waals surface area contributed by atoms with Gasteiger partial charge < -0.3 is 16.8 Å². The van der Waals surface area contributed by atoms with Crippen molar-refractivity contribution >= 4 is 23.0 Å². The molecule has 7 heteroatoms. The molecule has 0 aliphatic rings. The first-order chi connectivity index (χ1) is 9.38. The second kappa shape index (κ2) is 5.12. The third-order valence-electron chi connectivity index (χ3n) is 2.59. The highest BCUT2D eigenvalue weighted by Crippen LogP contribution is 2.26. The van der Waals surface area contributed by atoms with Crippen molar-refractivity contribution in [3.05, 3.63) is 53.3 Å². The highest BCUT2D eigenvalue weighted by Gasteiger charge is 2.13. The molecule has 0 saturated heterocycles. The minimum absolute atomic E-state index is 0.0448.